The molecule has 1 heterocycles. The van der Waals surface area contributed by atoms with E-state index in [-0.39, 0.29) is 17.2 Å². The summed E-state index contributed by atoms with van der Waals surface area (Å²) in [4.78, 5) is 17.8. The summed E-state index contributed by atoms with van der Waals surface area (Å²) in [5.41, 5.74) is -0.590. The van der Waals surface area contributed by atoms with Crippen molar-refractivity contribution >= 4 is 5.91 Å². The molecule has 1 aromatic rings. The zero-order valence-electron chi connectivity index (χ0n) is 13.3. The van der Waals surface area contributed by atoms with Crippen LogP contribution in [0.5, 0.6) is 0 Å². The summed E-state index contributed by atoms with van der Waals surface area (Å²) in [6, 6.07) is 2.11. The van der Waals surface area contributed by atoms with Gasteiger partial charge in [-0.05, 0) is 31.9 Å². The summed E-state index contributed by atoms with van der Waals surface area (Å²) < 4.78 is 37.9. The van der Waals surface area contributed by atoms with Gasteiger partial charge in [0, 0.05) is 13.1 Å². The number of nitrogens with zero attached hydrogens (tertiary/aromatic N) is 2. The van der Waals surface area contributed by atoms with Crippen LogP contribution in [-0.4, -0.2) is 28.9 Å². The Balaban J connectivity index is 2.97. The summed E-state index contributed by atoms with van der Waals surface area (Å²) in [6.45, 7) is 6.76. The number of aromatic nitrogens is 1. The molecule has 3 nitrogen and oxygen atoms in total. The molecule has 1 aromatic heterocycles. The Labute approximate surface area is 129 Å². The second-order valence-electron chi connectivity index (χ2n) is 5.33. The maximum atomic E-state index is 12.6. The smallest absolute Gasteiger partial charge is 0.339 e. The number of unbranched alkanes of at least 4 members (excludes halogenated alkanes) is 2. The molecular formula is C16H23F3N2O. The molecule has 124 valence electrons. The van der Waals surface area contributed by atoms with Crippen molar-refractivity contribution in [2.45, 2.75) is 52.6 Å². The highest BCUT2D eigenvalue weighted by molar-refractivity contribution is 5.95. The van der Waals surface area contributed by atoms with Crippen LogP contribution in [0.4, 0.5) is 13.2 Å². The minimum atomic E-state index is -4.49. The van der Waals surface area contributed by atoms with Gasteiger partial charge in [-0.25, -0.2) is 4.98 Å². The fourth-order valence-corrected chi connectivity index (χ4v) is 2.13. The summed E-state index contributed by atoms with van der Waals surface area (Å²) in [5.74, 6) is -0.236. The van der Waals surface area contributed by atoms with Gasteiger partial charge in [0.25, 0.3) is 5.91 Å². The summed E-state index contributed by atoms with van der Waals surface area (Å²) in [6.07, 6.45) is -0.818. The molecule has 22 heavy (non-hydrogen) atoms. The first kappa shape index (κ1) is 18.5. The monoisotopic (exact) mass is 316 g/mol. The molecule has 0 spiro atoms. The number of carbonyl (C=O) groups is 1. The molecule has 0 radical (unpaired) electrons. The molecule has 0 atom stereocenters. The van der Waals surface area contributed by atoms with Crippen LogP contribution in [0.3, 0.4) is 0 Å². The third kappa shape index (κ3) is 5.00. The van der Waals surface area contributed by atoms with Crippen LogP contribution in [-0.2, 0) is 6.18 Å². The second-order valence-corrected chi connectivity index (χ2v) is 5.33. The van der Waals surface area contributed by atoms with Gasteiger partial charge in [-0.15, -0.1) is 0 Å². The third-order valence-electron chi connectivity index (χ3n) is 3.46. The fourth-order valence-electron chi connectivity index (χ4n) is 2.13. The van der Waals surface area contributed by atoms with Gasteiger partial charge in [0.05, 0.1) is 11.3 Å². The van der Waals surface area contributed by atoms with Crippen molar-refractivity contribution in [3.8, 4) is 0 Å². The Morgan fingerprint density at radius 1 is 1.14 bits per heavy atom. The molecule has 0 aliphatic rings. The maximum absolute atomic E-state index is 12.6. The van der Waals surface area contributed by atoms with Crippen molar-refractivity contribution < 1.29 is 18.0 Å². The molecule has 0 aromatic carbocycles. The van der Waals surface area contributed by atoms with Crippen LogP contribution in [0.1, 0.15) is 61.3 Å². The van der Waals surface area contributed by atoms with Crippen LogP contribution in [0.2, 0.25) is 0 Å². The number of hydrogen-bond donors (Lipinski definition) is 0. The number of hydrogen-bond acceptors (Lipinski definition) is 2. The van der Waals surface area contributed by atoms with E-state index in [2.05, 4.69) is 4.98 Å². The first-order valence-corrected chi connectivity index (χ1v) is 7.65. The van der Waals surface area contributed by atoms with Crippen molar-refractivity contribution in [1.29, 1.82) is 0 Å². The van der Waals surface area contributed by atoms with Gasteiger partial charge in [0.15, 0.2) is 0 Å². The molecule has 0 saturated carbocycles. The van der Waals surface area contributed by atoms with Gasteiger partial charge in [0.1, 0.15) is 5.69 Å². The van der Waals surface area contributed by atoms with E-state index in [4.69, 9.17) is 0 Å². The zero-order chi connectivity index (χ0) is 16.8. The number of aryl methyl sites for hydroxylation is 1. The number of halogens is 3. The Hall–Kier alpha value is -1.59. The lowest BCUT2D eigenvalue weighted by molar-refractivity contribution is -0.141. The van der Waals surface area contributed by atoms with Crippen LogP contribution < -0.4 is 0 Å². The Kier molecular flexibility index (Phi) is 6.84. The van der Waals surface area contributed by atoms with E-state index in [0.717, 1.165) is 31.7 Å². The fraction of sp³-hybridized carbons (Fsp3) is 0.625. The topological polar surface area (TPSA) is 33.2 Å². The average molecular weight is 316 g/mol. The predicted molar refractivity (Wildman–Crippen MR) is 79.7 cm³/mol. The lowest BCUT2D eigenvalue weighted by atomic mass is 10.1. The number of pyridine rings is 1. The van der Waals surface area contributed by atoms with E-state index in [1.807, 2.05) is 13.8 Å². The standard InChI is InChI=1S/C16H23F3N2O/c1-4-6-10-21(11-7-5-2)15(22)13-8-9-14(16(17,18)19)20-12(13)3/h8-9H,4-7,10-11H2,1-3H3. The van der Waals surface area contributed by atoms with Crippen LogP contribution in [0.25, 0.3) is 0 Å². The molecule has 0 aliphatic carbocycles. The van der Waals surface area contributed by atoms with Crippen molar-refractivity contribution in [2.75, 3.05) is 13.1 Å². The van der Waals surface area contributed by atoms with Crippen LogP contribution >= 0.6 is 0 Å². The Morgan fingerprint density at radius 2 is 1.68 bits per heavy atom. The highest BCUT2D eigenvalue weighted by Gasteiger charge is 2.33. The maximum Gasteiger partial charge on any atom is 0.433 e. The van der Waals surface area contributed by atoms with Crippen molar-refractivity contribution in [3.63, 3.8) is 0 Å². The van der Waals surface area contributed by atoms with Crippen molar-refractivity contribution in [2.24, 2.45) is 0 Å². The number of amides is 1. The lowest BCUT2D eigenvalue weighted by Gasteiger charge is -2.23. The highest BCUT2D eigenvalue weighted by atomic mass is 19.4. The van der Waals surface area contributed by atoms with E-state index >= 15 is 0 Å². The molecule has 0 aliphatic heterocycles. The summed E-state index contributed by atoms with van der Waals surface area (Å²) >= 11 is 0. The molecule has 0 saturated heterocycles. The van der Waals surface area contributed by atoms with Crippen molar-refractivity contribution in [3.05, 3.63) is 29.1 Å². The van der Waals surface area contributed by atoms with Gasteiger partial charge in [-0.2, -0.15) is 13.2 Å². The van der Waals surface area contributed by atoms with Gasteiger partial charge in [-0.1, -0.05) is 26.7 Å². The van der Waals surface area contributed by atoms with Crippen molar-refractivity contribution in [1.82, 2.24) is 9.88 Å². The molecule has 1 amide bonds. The SMILES string of the molecule is CCCCN(CCCC)C(=O)c1ccc(C(F)(F)F)nc1C. The molecule has 1 rings (SSSR count). The Bertz CT molecular complexity index is 493. The van der Waals surface area contributed by atoms with E-state index in [0.29, 0.717) is 13.1 Å². The molecule has 0 N–H and O–H groups in total. The van der Waals surface area contributed by atoms with Crippen LogP contribution in [0, 0.1) is 6.92 Å². The van der Waals surface area contributed by atoms with E-state index in [1.54, 1.807) is 4.90 Å². The second kappa shape index (κ2) is 8.15. The minimum absolute atomic E-state index is 0.123. The quantitative estimate of drug-likeness (QED) is 0.744. The van der Waals surface area contributed by atoms with E-state index in [9.17, 15) is 18.0 Å². The molecule has 0 fully saturated rings. The summed E-state index contributed by atoms with van der Waals surface area (Å²) in [7, 11) is 0. The highest BCUT2D eigenvalue weighted by Crippen LogP contribution is 2.28. The number of carbonyl (C=O) groups excluding carboxylic acids is 1. The largest absolute Gasteiger partial charge is 0.433 e. The minimum Gasteiger partial charge on any atom is -0.339 e. The van der Waals surface area contributed by atoms with Gasteiger partial charge >= 0.3 is 6.18 Å². The first-order chi connectivity index (χ1) is 10.3. The van der Waals surface area contributed by atoms with E-state index in [1.165, 1.54) is 13.0 Å². The Morgan fingerprint density at radius 3 is 2.09 bits per heavy atom. The lowest BCUT2D eigenvalue weighted by Crippen LogP contribution is -2.33. The molecular weight excluding hydrogens is 293 g/mol. The molecule has 0 unspecified atom stereocenters. The first-order valence-electron chi connectivity index (χ1n) is 7.65. The third-order valence-corrected chi connectivity index (χ3v) is 3.46. The molecule has 0 bridgehead atoms. The van der Waals surface area contributed by atoms with Gasteiger partial charge in [-0.3, -0.25) is 4.79 Å². The molecule has 6 heteroatoms. The van der Waals surface area contributed by atoms with Gasteiger partial charge in [0.2, 0.25) is 0 Å². The normalized spacial score (nSPS) is 11.5. The number of alkyl halides is 3. The number of rotatable bonds is 7. The van der Waals surface area contributed by atoms with Gasteiger partial charge < -0.3 is 4.90 Å². The summed E-state index contributed by atoms with van der Waals surface area (Å²) in [5, 5.41) is 0. The zero-order valence-corrected chi connectivity index (χ0v) is 13.3. The van der Waals surface area contributed by atoms with E-state index < -0.39 is 11.9 Å². The average Bonchev–Trinajstić information content (AvgIpc) is 2.45. The van der Waals surface area contributed by atoms with Crippen LogP contribution in [0.15, 0.2) is 12.1 Å². The predicted octanol–water partition coefficient (Wildman–Crippen LogP) is 4.45.